The summed E-state index contributed by atoms with van der Waals surface area (Å²) in [5.41, 5.74) is 4.54. The van der Waals surface area contributed by atoms with Crippen molar-refractivity contribution in [3.05, 3.63) is 72.2 Å². The molecule has 0 saturated heterocycles. The molecule has 30 heavy (non-hydrogen) atoms. The first kappa shape index (κ1) is 19.9. The molecule has 0 aliphatic heterocycles. The third-order valence-electron chi connectivity index (χ3n) is 4.61. The van der Waals surface area contributed by atoms with Crippen LogP contribution in [0.5, 0.6) is 0 Å². The number of thioether (sulfide) groups is 1. The van der Waals surface area contributed by atoms with Crippen LogP contribution in [0.25, 0.3) is 11.0 Å². The van der Waals surface area contributed by atoms with E-state index in [4.69, 9.17) is 0 Å². The molecule has 7 nitrogen and oxygen atoms in total. The van der Waals surface area contributed by atoms with Crippen molar-refractivity contribution < 1.29 is 4.79 Å². The first-order valence-electron chi connectivity index (χ1n) is 9.62. The summed E-state index contributed by atoms with van der Waals surface area (Å²) in [6, 6.07) is 15.4. The molecule has 0 unspecified atom stereocenters. The van der Waals surface area contributed by atoms with E-state index in [1.54, 1.807) is 18.0 Å². The first-order chi connectivity index (χ1) is 14.6. The van der Waals surface area contributed by atoms with Crippen LogP contribution in [0.1, 0.15) is 30.9 Å². The van der Waals surface area contributed by atoms with Crippen LogP contribution < -0.4 is 10.6 Å². The molecule has 0 spiro atoms. The van der Waals surface area contributed by atoms with Gasteiger partial charge in [-0.2, -0.15) is 5.10 Å². The van der Waals surface area contributed by atoms with Crippen molar-refractivity contribution in [3.63, 3.8) is 0 Å². The molecule has 0 fully saturated rings. The smallest absolute Gasteiger partial charge is 0.308 e. The Hall–Kier alpha value is -3.39. The minimum Gasteiger partial charge on any atom is -0.308 e. The van der Waals surface area contributed by atoms with Gasteiger partial charge in [0.2, 0.25) is 0 Å². The Morgan fingerprint density at radius 3 is 2.67 bits per heavy atom. The number of aromatic amines is 1. The topological polar surface area (TPSA) is 95.6 Å². The van der Waals surface area contributed by atoms with Crippen molar-refractivity contribution in [2.24, 2.45) is 0 Å². The van der Waals surface area contributed by atoms with Gasteiger partial charge in [-0.3, -0.25) is 5.10 Å². The lowest BCUT2D eigenvalue weighted by atomic mass is 10.0. The van der Waals surface area contributed by atoms with E-state index in [2.05, 4.69) is 44.6 Å². The SMILES string of the molecule is CC(C)c1ccc(NC(=O)Nc2cccc(CSc3ncnc4[nH]ncc34)c2)cc1. The van der Waals surface area contributed by atoms with Crippen LogP contribution in [0, 0.1) is 0 Å². The van der Waals surface area contributed by atoms with Crippen molar-refractivity contribution in [2.75, 3.05) is 10.6 Å². The van der Waals surface area contributed by atoms with Crippen LogP contribution in [-0.2, 0) is 5.75 Å². The molecule has 4 rings (SSSR count). The van der Waals surface area contributed by atoms with Gasteiger partial charge in [-0.15, -0.1) is 11.8 Å². The van der Waals surface area contributed by atoms with E-state index in [-0.39, 0.29) is 6.03 Å². The molecule has 2 amide bonds. The number of nitrogens with zero attached hydrogens (tertiary/aromatic N) is 3. The lowest BCUT2D eigenvalue weighted by Crippen LogP contribution is -2.19. The third kappa shape index (κ3) is 4.77. The fourth-order valence-corrected chi connectivity index (χ4v) is 3.90. The summed E-state index contributed by atoms with van der Waals surface area (Å²) in [5, 5.41) is 14.4. The largest absolute Gasteiger partial charge is 0.323 e. The number of fused-ring (bicyclic) bond motifs is 1. The maximum absolute atomic E-state index is 12.4. The summed E-state index contributed by atoms with van der Waals surface area (Å²) >= 11 is 1.60. The highest BCUT2D eigenvalue weighted by Gasteiger charge is 2.08. The zero-order valence-electron chi connectivity index (χ0n) is 16.7. The lowest BCUT2D eigenvalue weighted by molar-refractivity contribution is 0.262. The molecule has 2 heterocycles. The van der Waals surface area contributed by atoms with Crippen molar-refractivity contribution in [2.45, 2.75) is 30.5 Å². The van der Waals surface area contributed by atoms with Crippen LogP contribution >= 0.6 is 11.8 Å². The Bertz CT molecular complexity index is 1160. The van der Waals surface area contributed by atoms with Gasteiger partial charge >= 0.3 is 6.03 Å². The first-order valence-corrected chi connectivity index (χ1v) is 10.6. The van der Waals surface area contributed by atoms with Gasteiger partial charge in [0.15, 0.2) is 5.65 Å². The maximum Gasteiger partial charge on any atom is 0.323 e. The molecule has 8 heteroatoms. The Labute approximate surface area is 178 Å². The summed E-state index contributed by atoms with van der Waals surface area (Å²) in [5.74, 6) is 1.17. The fraction of sp³-hybridized carbons (Fsp3) is 0.182. The third-order valence-corrected chi connectivity index (χ3v) is 5.68. The molecule has 0 aliphatic rings. The molecule has 4 aromatic rings. The fourth-order valence-electron chi connectivity index (χ4n) is 2.99. The molecule has 2 aromatic carbocycles. The number of anilines is 2. The number of urea groups is 1. The minimum absolute atomic E-state index is 0.270. The van der Waals surface area contributed by atoms with Gasteiger partial charge in [0.05, 0.1) is 11.6 Å². The van der Waals surface area contributed by atoms with Crippen molar-refractivity contribution in [1.82, 2.24) is 20.2 Å². The zero-order valence-corrected chi connectivity index (χ0v) is 17.5. The summed E-state index contributed by atoms with van der Waals surface area (Å²) in [4.78, 5) is 20.8. The Balaban J connectivity index is 1.37. The number of aromatic nitrogens is 4. The quantitative estimate of drug-likeness (QED) is 0.287. The van der Waals surface area contributed by atoms with E-state index < -0.39 is 0 Å². The molecule has 0 bridgehead atoms. The second kappa shape index (κ2) is 8.96. The van der Waals surface area contributed by atoms with E-state index >= 15 is 0 Å². The number of rotatable bonds is 6. The number of hydrogen-bond acceptors (Lipinski definition) is 5. The van der Waals surface area contributed by atoms with Gasteiger partial charge in [-0.25, -0.2) is 14.8 Å². The number of hydrogen-bond donors (Lipinski definition) is 3. The molecule has 0 radical (unpaired) electrons. The molecule has 3 N–H and O–H groups in total. The molecule has 2 aromatic heterocycles. The predicted octanol–water partition coefficient (Wildman–Crippen LogP) is 5.41. The Morgan fingerprint density at radius 2 is 1.87 bits per heavy atom. The van der Waals surface area contributed by atoms with Gasteiger partial charge < -0.3 is 10.6 Å². The van der Waals surface area contributed by atoms with E-state index in [9.17, 15) is 4.79 Å². The summed E-state index contributed by atoms with van der Waals surface area (Å²) in [6.45, 7) is 4.28. The van der Waals surface area contributed by atoms with Crippen molar-refractivity contribution >= 4 is 40.2 Å². The van der Waals surface area contributed by atoms with Gasteiger partial charge in [-0.05, 0) is 41.3 Å². The van der Waals surface area contributed by atoms with Gasteiger partial charge in [-0.1, -0.05) is 38.1 Å². The van der Waals surface area contributed by atoms with Gasteiger partial charge in [0.25, 0.3) is 0 Å². The van der Waals surface area contributed by atoms with E-state index in [1.807, 2.05) is 48.5 Å². The van der Waals surface area contributed by atoms with Gasteiger partial charge in [0.1, 0.15) is 11.4 Å². The average Bonchev–Trinajstić information content (AvgIpc) is 3.22. The highest BCUT2D eigenvalue weighted by Crippen LogP contribution is 2.27. The molecule has 152 valence electrons. The molecule has 0 atom stereocenters. The van der Waals surface area contributed by atoms with Crippen LogP contribution in [0.3, 0.4) is 0 Å². The number of nitrogens with one attached hydrogen (secondary N) is 3. The minimum atomic E-state index is -0.270. The highest BCUT2D eigenvalue weighted by molar-refractivity contribution is 7.98. The Morgan fingerprint density at radius 1 is 1.07 bits per heavy atom. The second-order valence-electron chi connectivity index (χ2n) is 7.16. The second-order valence-corrected chi connectivity index (χ2v) is 8.12. The number of carbonyl (C=O) groups is 1. The van der Waals surface area contributed by atoms with Crippen LogP contribution in [0.2, 0.25) is 0 Å². The number of carbonyl (C=O) groups excluding carboxylic acids is 1. The highest BCUT2D eigenvalue weighted by atomic mass is 32.2. The van der Waals surface area contributed by atoms with Crippen LogP contribution in [0.4, 0.5) is 16.2 Å². The van der Waals surface area contributed by atoms with Gasteiger partial charge in [0, 0.05) is 17.1 Å². The number of benzene rings is 2. The molecule has 0 saturated carbocycles. The predicted molar refractivity (Wildman–Crippen MR) is 121 cm³/mol. The average molecular weight is 419 g/mol. The summed E-state index contributed by atoms with van der Waals surface area (Å²) in [7, 11) is 0. The number of amides is 2. The monoisotopic (exact) mass is 418 g/mol. The number of H-pyrrole nitrogens is 1. The van der Waals surface area contributed by atoms with E-state index in [0.717, 1.165) is 33.0 Å². The summed E-state index contributed by atoms with van der Waals surface area (Å²) in [6.07, 6.45) is 3.26. The summed E-state index contributed by atoms with van der Waals surface area (Å²) < 4.78 is 0. The van der Waals surface area contributed by atoms with Crippen LogP contribution in [-0.4, -0.2) is 26.2 Å². The maximum atomic E-state index is 12.4. The Kier molecular flexibility index (Phi) is 5.94. The van der Waals surface area contributed by atoms with E-state index in [1.165, 1.54) is 11.9 Å². The zero-order chi connectivity index (χ0) is 20.9. The standard InChI is InChI=1S/C22H22N6OS/c1-14(2)16-6-8-17(9-7-16)26-22(29)27-18-5-3-4-15(10-18)12-30-21-19-11-25-28-20(19)23-13-24-21/h3-11,13-14H,12H2,1-2H3,(H2,26,27,29)(H,23,24,25,28). The van der Waals surface area contributed by atoms with Crippen molar-refractivity contribution in [1.29, 1.82) is 0 Å². The molecular weight excluding hydrogens is 396 g/mol. The molecule has 0 aliphatic carbocycles. The normalized spacial score (nSPS) is 11.0. The van der Waals surface area contributed by atoms with Crippen molar-refractivity contribution in [3.8, 4) is 0 Å². The molecular formula is C22H22N6OS. The van der Waals surface area contributed by atoms with E-state index in [0.29, 0.717) is 11.7 Å². The lowest BCUT2D eigenvalue weighted by Gasteiger charge is -2.10. The van der Waals surface area contributed by atoms with Crippen LogP contribution in [0.15, 0.2) is 66.1 Å².